The van der Waals surface area contributed by atoms with E-state index in [4.69, 9.17) is 9.84 Å². The second kappa shape index (κ2) is 6.27. The normalized spacial score (nSPS) is 11.8. The first-order chi connectivity index (χ1) is 7.66. The van der Waals surface area contributed by atoms with Crippen molar-refractivity contribution in [2.75, 3.05) is 11.9 Å². The van der Waals surface area contributed by atoms with Gasteiger partial charge in [0.15, 0.2) is 5.92 Å². The molecular weight excluding hydrogens is 276 g/mol. The standard InChI is InChI=1S/C11H11BrO4/c12-6-7-16-11(15)9(10(13)14)8-4-2-1-3-5-8/h1-5,9H,6-7H2,(H,13,14). The van der Waals surface area contributed by atoms with Gasteiger partial charge in [0.2, 0.25) is 0 Å². The number of carboxylic acid groups (broad SMARTS) is 1. The van der Waals surface area contributed by atoms with E-state index in [-0.39, 0.29) is 6.61 Å². The Kier molecular flexibility index (Phi) is 4.98. The Labute approximate surface area is 101 Å². The Bertz CT molecular complexity index is 364. The Morgan fingerprint density at radius 1 is 1.31 bits per heavy atom. The van der Waals surface area contributed by atoms with Gasteiger partial charge in [-0.05, 0) is 5.56 Å². The lowest BCUT2D eigenvalue weighted by atomic mass is 10.00. The number of benzene rings is 1. The van der Waals surface area contributed by atoms with E-state index >= 15 is 0 Å². The molecule has 0 spiro atoms. The fraction of sp³-hybridized carbons (Fsp3) is 0.273. The molecule has 0 fully saturated rings. The van der Waals surface area contributed by atoms with E-state index in [9.17, 15) is 9.59 Å². The van der Waals surface area contributed by atoms with E-state index in [1.807, 2.05) is 0 Å². The van der Waals surface area contributed by atoms with Gasteiger partial charge in [-0.3, -0.25) is 9.59 Å². The number of halogens is 1. The van der Waals surface area contributed by atoms with Gasteiger partial charge < -0.3 is 9.84 Å². The maximum atomic E-state index is 11.5. The Morgan fingerprint density at radius 3 is 2.44 bits per heavy atom. The topological polar surface area (TPSA) is 63.6 Å². The van der Waals surface area contributed by atoms with Crippen LogP contribution < -0.4 is 0 Å². The molecule has 86 valence electrons. The van der Waals surface area contributed by atoms with Gasteiger partial charge in [0.05, 0.1) is 0 Å². The predicted molar refractivity (Wildman–Crippen MR) is 61.6 cm³/mol. The number of hydrogen-bond donors (Lipinski definition) is 1. The number of rotatable bonds is 5. The molecule has 0 heterocycles. The van der Waals surface area contributed by atoms with Crippen LogP contribution in [0.3, 0.4) is 0 Å². The number of carbonyl (C=O) groups is 2. The van der Waals surface area contributed by atoms with Crippen molar-refractivity contribution in [1.29, 1.82) is 0 Å². The van der Waals surface area contributed by atoms with Gasteiger partial charge in [-0.2, -0.15) is 0 Å². The van der Waals surface area contributed by atoms with Gasteiger partial charge >= 0.3 is 11.9 Å². The highest BCUT2D eigenvalue weighted by Crippen LogP contribution is 2.17. The summed E-state index contributed by atoms with van der Waals surface area (Å²) in [5, 5.41) is 9.47. The summed E-state index contributed by atoms with van der Waals surface area (Å²) in [7, 11) is 0. The summed E-state index contributed by atoms with van der Waals surface area (Å²) >= 11 is 3.10. The lowest BCUT2D eigenvalue weighted by molar-refractivity contribution is -0.153. The molecule has 4 nitrogen and oxygen atoms in total. The molecular formula is C11H11BrO4. The predicted octanol–water partition coefficient (Wildman–Crippen LogP) is 1.79. The van der Waals surface area contributed by atoms with Crippen LogP contribution in [-0.2, 0) is 14.3 Å². The number of hydrogen-bond acceptors (Lipinski definition) is 3. The van der Waals surface area contributed by atoms with Gasteiger partial charge in [0.25, 0.3) is 0 Å². The number of alkyl halides is 1. The number of carbonyl (C=O) groups excluding carboxylic acids is 1. The third-order valence-electron chi connectivity index (χ3n) is 1.94. The van der Waals surface area contributed by atoms with E-state index in [2.05, 4.69) is 15.9 Å². The van der Waals surface area contributed by atoms with Crippen LogP contribution in [-0.4, -0.2) is 29.0 Å². The zero-order valence-corrected chi connectivity index (χ0v) is 10.0. The summed E-state index contributed by atoms with van der Waals surface area (Å²) in [4.78, 5) is 22.5. The summed E-state index contributed by atoms with van der Waals surface area (Å²) in [6.45, 7) is 0.162. The van der Waals surface area contributed by atoms with Crippen molar-refractivity contribution in [1.82, 2.24) is 0 Å². The first-order valence-corrected chi connectivity index (χ1v) is 5.79. The van der Waals surface area contributed by atoms with Crippen LogP contribution in [0.15, 0.2) is 30.3 Å². The highest BCUT2D eigenvalue weighted by molar-refractivity contribution is 9.09. The summed E-state index contributed by atoms with van der Waals surface area (Å²) in [6, 6.07) is 8.31. The minimum absolute atomic E-state index is 0.162. The maximum absolute atomic E-state index is 11.5. The van der Waals surface area contributed by atoms with Crippen LogP contribution in [0.5, 0.6) is 0 Å². The molecule has 0 aliphatic carbocycles. The van der Waals surface area contributed by atoms with Crippen LogP contribution in [0, 0.1) is 0 Å². The molecule has 1 aromatic carbocycles. The summed E-state index contributed by atoms with van der Waals surface area (Å²) < 4.78 is 4.80. The zero-order chi connectivity index (χ0) is 12.0. The van der Waals surface area contributed by atoms with Gasteiger partial charge in [0.1, 0.15) is 6.61 Å². The Balaban J connectivity index is 2.84. The fourth-order valence-corrected chi connectivity index (χ4v) is 1.41. The summed E-state index contributed by atoms with van der Waals surface area (Å²) in [5.41, 5.74) is 0.426. The van der Waals surface area contributed by atoms with Crippen molar-refractivity contribution in [3.63, 3.8) is 0 Å². The maximum Gasteiger partial charge on any atom is 0.324 e. The lowest BCUT2D eigenvalue weighted by Crippen LogP contribution is -2.24. The monoisotopic (exact) mass is 286 g/mol. The van der Waals surface area contributed by atoms with E-state index < -0.39 is 17.9 Å². The highest BCUT2D eigenvalue weighted by atomic mass is 79.9. The molecule has 1 atom stereocenters. The smallest absolute Gasteiger partial charge is 0.324 e. The molecule has 0 aromatic heterocycles. The molecule has 0 saturated heterocycles. The number of ether oxygens (including phenoxy) is 1. The fourth-order valence-electron chi connectivity index (χ4n) is 1.25. The molecule has 0 aliphatic heterocycles. The third kappa shape index (κ3) is 3.34. The van der Waals surface area contributed by atoms with E-state index in [0.29, 0.717) is 10.9 Å². The molecule has 0 bridgehead atoms. The second-order valence-corrected chi connectivity index (χ2v) is 3.83. The quantitative estimate of drug-likeness (QED) is 0.509. The molecule has 0 amide bonds. The van der Waals surface area contributed by atoms with Crippen LogP contribution in [0.25, 0.3) is 0 Å². The van der Waals surface area contributed by atoms with Crippen LogP contribution in [0.1, 0.15) is 11.5 Å². The Hall–Kier alpha value is -1.36. The molecule has 1 unspecified atom stereocenters. The third-order valence-corrected chi connectivity index (χ3v) is 2.26. The molecule has 5 heteroatoms. The average Bonchev–Trinajstić information content (AvgIpc) is 2.27. The van der Waals surface area contributed by atoms with Crippen molar-refractivity contribution in [2.45, 2.75) is 5.92 Å². The Morgan fingerprint density at radius 2 is 1.94 bits per heavy atom. The van der Waals surface area contributed by atoms with Gasteiger partial charge in [0, 0.05) is 5.33 Å². The molecule has 16 heavy (non-hydrogen) atoms. The molecule has 0 radical (unpaired) electrons. The molecule has 1 rings (SSSR count). The zero-order valence-electron chi connectivity index (χ0n) is 8.43. The van der Waals surface area contributed by atoms with Crippen molar-refractivity contribution in [3.8, 4) is 0 Å². The van der Waals surface area contributed by atoms with E-state index in [0.717, 1.165) is 0 Å². The SMILES string of the molecule is O=C(O)C(C(=O)OCCBr)c1ccccc1. The summed E-state index contributed by atoms with van der Waals surface area (Å²) in [6.07, 6.45) is 0. The number of carboxylic acids is 1. The second-order valence-electron chi connectivity index (χ2n) is 3.04. The minimum atomic E-state index is -1.25. The van der Waals surface area contributed by atoms with Crippen LogP contribution in [0.4, 0.5) is 0 Å². The van der Waals surface area contributed by atoms with Crippen molar-refractivity contribution < 1.29 is 19.4 Å². The minimum Gasteiger partial charge on any atom is -0.480 e. The average molecular weight is 287 g/mol. The number of aliphatic carboxylic acids is 1. The molecule has 1 aromatic rings. The van der Waals surface area contributed by atoms with Gasteiger partial charge in [-0.15, -0.1) is 0 Å². The van der Waals surface area contributed by atoms with E-state index in [1.165, 1.54) is 0 Å². The van der Waals surface area contributed by atoms with Gasteiger partial charge in [-0.25, -0.2) is 0 Å². The first kappa shape index (κ1) is 12.7. The van der Waals surface area contributed by atoms with Crippen molar-refractivity contribution in [2.24, 2.45) is 0 Å². The van der Waals surface area contributed by atoms with E-state index in [1.54, 1.807) is 30.3 Å². The molecule has 1 N–H and O–H groups in total. The lowest BCUT2D eigenvalue weighted by Gasteiger charge is -2.11. The van der Waals surface area contributed by atoms with Crippen molar-refractivity contribution in [3.05, 3.63) is 35.9 Å². The van der Waals surface area contributed by atoms with Crippen LogP contribution >= 0.6 is 15.9 Å². The number of esters is 1. The first-order valence-electron chi connectivity index (χ1n) is 4.67. The highest BCUT2D eigenvalue weighted by Gasteiger charge is 2.29. The molecule has 0 saturated carbocycles. The largest absolute Gasteiger partial charge is 0.480 e. The summed E-state index contributed by atoms with van der Waals surface area (Å²) in [5.74, 6) is -3.19. The van der Waals surface area contributed by atoms with Gasteiger partial charge in [-0.1, -0.05) is 46.3 Å². The van der Waals surface area contributed by atoms with Crippen LogP contribution in [0.2, 0.25) is 0 Å². The molecule has 0 aliphatic rings. The van der Waals surface area contributed by atoms with Crippen molar-refractivity contribution >= 4 is 27.9 Å².